The van der Waals surface area contributed by atoms with E-state index in [9.17, 15) is 9.59 Å². The fourth-order valence-corrected chi connectivity index (χ4v) is 7.43. The fourth-order valence-electron chi connectivity index (χ4n) is 6.07. The van der Waals surface area contributed by atoms with Crippen molar-refractivity contribution in [2.24, 2.45) is 5.92 Å². The molecule has 3 aromatic rings. The van der Waals surface area contributed by atoms with Gasteiger partial charge in [-0.05, 0) is 61.1 Å². The van der Waals surface area contributed by atoms with Crippen LogP contribution >= 0.6 is 22.9 Å². The lowest BCUT2D eigenvalue weighted by Gasteiger charge is -2.37. The number of benzene rings is 1. The van der Waals surface area contributed by atoms with Crippen LogP contribution in [0.15, 0.2) is 30.5 Å². The van der Waals surface area contributed by atoms with Gasteiger partial charge in [0.1, 0.15) is 0 Å². The van der Waals surface area contributed by atoms with Crippen molar-refractivity contribution in [3.63, 3.8) is 0 Å². The summed E-state index contributed by atoms with van der Waals surface area (Å²) in [4.78, 5) is 33.9. The number of pyridine rings is 1. The van der Waals surface area contributed by atoms with Crippen molar-refractivity contribution in [1.82, 2.24) is 15.2 Å². The van der Waals surface area contributed by atoms with E-state index in [1.165, 1.54) is 28.1 Å². The second-order valence-corrected chi connectivity index (χ2v) is 11.5. The first kappa shape index (κ1) is 20.9. The molecule has 2 saturated heterocycles. The summed E-state index contributed by atoms with van der Waals surface area (Å²) in [6, 6.07) is 8.91. The summed E-state index contributed by atoms with van der Waals surface area (Å²) in [5.41, 5.74) is 5.94. The monoisotopic (exact) mass is 492 g/mol. The zero-order chi connectivity index (χ0) is 23.0. The molecule has 0 unspecified atom stereocenters. The molecule has 3 atom stereocenters. The first-order valence-corrected chi connectivity index (χ1v) is 13.3. The second kappa shape index (κ2) is 7.77. The van der Waals surface area contributed by atoms with Crippen molar-refractivity contribution in [3.05, 3.63) is 45.9 Å². The molecule has 2 aromatic heterocycles. The molecule has 174 valence electrons. The first-order valence-electron chi connectivity index (χ1n) is 12.1. The topological polar surface area (TPSA) is 65.5 Å². The maximum absolute atomic E-state index is 12.2. The number of carbonyl (C=O) groups is 2. The summed E-state index contributed by atoms with van der Waals surface area (Å²) in [5.74, 6) is 1.18. The minimum atomic E-state index is -0.0839. The smallest absolute Gasteiger partial charge is 0.230 e. The van der Waals surface area contributed by atoms with E-state index >= 15 is 0 Å². The van der Waals surface area contributed by atoms with E-state index in [1.54, 1.807) is 11.3 Å². The number of hydrogen-bond acceptors (Lipinski definition) is 6. The molecule has 0 radical (unpaired) electrons. The summed E-state index contributed by atoms with van der Waals surface area (Å²) in [6.07, 6.45) is 4.89. The lowest BCUT2D eigenvalue weighted by molar-refractivity contribution is -0.138. The highest BCUT2D eigenvalue weighted by molar-refractivity contribution is 7.19. The molecular weight excluding hydrogens is 468 g/mol. The summed E-state index contributed by atoms with van der Waals surface area (Å²) in [5, 5.41) is 4.32. The summed E-state index contributed by atoms with van der Waals surface area (Å²) < 4.78 is 1.09. The van der Waals surface area contributed by atoms with E-state index < -0.39 is 0 Å². The normalized spacial score (nSPS) is 25.9. The zero-order valence-corrected chi connectivity index (χ0v) is 20.3. The molecule has 6 nitrogen and oxygen atoms in total. The third-order valence-electron chi connectivity index (χ3n) is 7.84. The Balaban J connectivity index is 1.35. The van der Waals surface area contributed by atoms with Crippen LogP contribution < -0.4 is 10.2 Å². The number of carbonyl (C=O) groups excluding carboxylic acids is 2. The van der Waals surface area contributed by atoms with Gasteiger partial charge in [0, 0.05) is 64.9 Å². The van der Waals surface area contributed by atoms with Crippen molar-refractivity contribution < 1.29 is 9.59 Å². The molecule has 34 heavy (non-hydrogen) atoms. The molecular formula is C26H25ClN4O2S. The molecule has 2 amide bonds. The number of halogens is 1. The first-order chi connectivity index (χ1) is 16.6. The van der Waals surface area contributed by atoms with Crippen molar-refractivity contribution in [3.8, 4) is 11.1 Å². The predicted octanol–water partition coefficient (Wildman–Crippen LogP) is 4.55. The Morgan fingerprint density at radius 2 is 2.00 bits per heavy atom. The van der Waals surface area contributed by atoms with E-state index in [-0.39, 0.29) is 11.8 Å². The minimum absolute atomic E-state index is 0.0839. The fraction of sp³-hybridized carbons (Fsp3) is 0.423. The van der Waals surface area contributed by atoms with Gasteiger partial charge < -0.3 is 10.2 Å². The molecule has 4 aliphatic rings. The Hall–Kier alpha value is -2.48. The molecule has 1 saturated carbocycles. The van der Waals surface area contributed by atoms with Crippen LogP contribution in [-0.4, -0.2) is 47.4 Å². The van der Waals surface area contributed by atoms with Gasteiger partial charge in [-0.15, -0.1) is 11.3 Å². The number of nitrogens with zero attached hydrogens (tertiary/aromatic N) is 3. The highest BCUT2D eigenvalue weighted by Gasteiger charge is 2.47. The van der Waals surface area contributed by atoms with Crippen LogP contribution in [0.1, 0.15) is 42.0 Å². The van der Waals surface area contributed by atoms with Gasteiger partial charge in [-0.1, -0.05) is 11.6 Å². The Bertz CT molecular complexity index is 1330. The van der Waals surface area contributed by atoms with Gasteiger partial charge >= 0.3 is 0 Å². The number of amides is 2. The van der Waals surface area contributed by atoms with Crippen molar-refractivity contribution in [1.29, 1.82) is 0 Å². The number of imide groups is 1. The highest BCUT2D eigenvalue weighted by Crippen LogP contribution is 2.58. The standard InChI is InChI=1S/C26H25ClN4O2S/c27-15-8-20(25-21(9-15)19-7-14(19)12-30(25)16-3-5-28-11-16)18-4-6-29-22-10-17(34-26(18)22)13-31-23(32)1-2-24(31)33/h4,6,8-10,14,16,19,28H,1-3,5,7,11-13H2/t14-,16+,19-/m0/s1. The Kier molecular flexibility index (Phi) is 4.76. The molecule has 0 spiro atoms. The number of nitrogens with one attached hydrogen (secondary N) is 1. The van der Waals surface area contributed by atoms with Crippen LogP contribution in [0.5, 0.6) is 0 Å². The van der Waals surface area contributed by atoms with Crippen LogP contribution in [0.2, 0.25) is 5.02 Å². The van der Waals surface area contributed by atoms with E-state index in [4.69, 9.17) is 11.6 Å². The number of rotatable bonds is 4. The van der Waals surface area contributed by atoms with Gasteiger partial charge in [0.2, 0.25) is 11.8 Å². The van der Waals surface area contributed by atoms with E-state index in [0.29, 0.717) is 31.3 Å². The van der Waals surface area contributed by atoms with Crippen LogP contribution in [0.25, 0.3) is 21.3 Å². The number of aromatic nitrogens is 1. The lowest BCUT2D eigenvalue weighted by Crippen LogP contribution is -2.41. The van der Waals surface area contributed by atoms with Crippen molar-refractivity contribution in [2.75, 3.05) is 24.5 Å². The van der Waals surface area contributed by atoms with Gasteiger partial charge in [-0.25, -0.2) is 0 Å². The molecule has 5 heterocycles. The average molecular weight is 493 g/mol. The molecule has 1 aromatic carbocycles. The molecule has 0 bridgehead atoms. The van der Waals surface area contributed by atoms with Gasteiger partial charge in [0.25, 0.3) is 0 Å². The quantitative estimate of drug-likeness (QED) is 0.541. The van der Waals surface area contributed by atoms with Crippen LogP contribution in [0.3, 0.4) is 0 Å². The molecule has 3 aliphatic heterocycles. The van der Waals surface area contributed by atoms with E-state index in [1.807, 2.05) is 12.3 Å². The van der Waals surface area contributed by atoms with Crippen molar-refractivity contribution in [2.45, 2.75) is 44.2 Å². The average Bonchev–Trinajstić information content (AvgIpc) is 3.13. The zero-order valence-electron chi connectivity index (χ0n) is 18.7. The SMILES string of the molecule is O=C1CCC(=O)N1Cc1cc2nccc(-c3cc(Cl)cc4c3N([C@@H]3CCNC3)C[C@@H]3C[C@H]43)c2s1. The van der Waals surface area contributed by atoms with Gasteiger partial charge in [-0.3, -0.25) is 19.5 Å². The maximum atomic E-state index is 12.2. The predicted molar refractivity (Wildman–Crippen MR) is 134 cm³/mol. The molecule has 1 N–H and O–H groups in total. The van der Waals surface area contributed by atoms with Crippen LogP contribution in [-0.2, 0) is 16.1 Å². The van der Waals surface area contributed by atoms with Crippen LogP contribution in [0.4, 0.5) is 5.69 Å². The van der Waals surface area contributed by atoms with Gasteiger partial charge in [0.05, 0.1) is 16.8 Å². The van der Waals surface area contributed by atoms with Gasteiger partial charge in [-0.2, -0.15) is 0 Å². The van der Waals surface area contributed by atoms with Crippen LogP contribution in [0, 0.1) is 5.92 Å². The largest absolute Gasteiger partial charge is 0.366 e. The number of fused-ring (bicyclic) bond motifs is 4. The summed E-state index contributed by atoms with van der Waals surface area (Å²) in [6.45, 7) is 3.53. The number of hydrogen-bond donors (Lipinski definition) is 1. The van der Waals surface area contributed by atoms with E-state index in [2.05, 4.69) is 33.4 Å². The third kappa shape index (κ3) is 3.28. The van der Waals surface area contributed by atoms with E-state index in [0.717, 1.165) is 57.7 Å². The maximum Gasteiger partial charge on any atom is 0.230 e. The molecule has 7 rings (SSSR count). The lowest BCUT2D eigenvalue weighted by atomic mass is 9.92. The van der Waals surface area contributed by atoms with Crippen molar-refractivity contribution >= 4 is 50.7 Å². The molecule has 8 heteroatoms. The van der Waals surface area contributed by atoms with Gasteiger partial charge in [0.15, 0.2) is 0 Å². The number of anilines is 1. The third-order valence-corrected chi connectivity index (χ3v) is 9.20. The summed E-state index contributed by atoms with van der Waals surface area (Å²) in [7, 11) is 0. The Morgan fingerprint density at radius 3 is 2.79 bits per heavy atom. The second-order valence-electron chi connectivity index (χ2n) is 9.95. The Morgan fingerprint density at radius 1 is 1.15 bits per heavy atom. The molecule has 1 aliphatic carbocycles. The highest BCUT2D eigenvalue weighted by atomic mass is 35.5. The number of likely N-dealkylation sites (tertiary alicyclic amines) is 1. The minimum Gasteiger partial charge on any atom is -0.366 e. The Labute approximate surface area is 206 Å². The molecule has 3 fully saturated rings. The number of thiophene rings is 1. The summed E-state index contributed by atoms with van der Waals surface area (Å²) >= 11 is 8.33.